The summed E-state index contributed by atoms with van der Waals surface area (Å²) in [6.07, 6.45) is 11.9. The van der Waals surface area contributed by atoms with Gasteiger partial charge in [0.1, 0.15) is 6.54 Å². The number of aromatic nitrogens is 2. The van der Waals surface area contributed by atoms with E-state index in [0.29, 0.717) is 17.4 Å². The molecule has 2 N–H and O–H groups in total. The van der Waals surface area contributed by atoms with Crippen LogP contribution in [0.3, 0.4) is 0 Å². The number of rotatable bonds is 9. The second kappa shape index (κ2) is 11.3. The van der Waals surface area contributed by atoms with E-state index in [2.05, 4.69) is 16.7 Å². The Labute approximate surface area is 199 Å². The zero-order chi connectivity index (χ0) is 23.9. The molecule has 8 nitrogen and oxygen atoms in total. The molecule has 1 heterocycles. The molecule has 0 bridgehead atoms. The van der Waals surface area contributed by atoms with Gasteiger partial charge >= 0.3 is 5.69 Å². The molecule has 1 saturated carbocycles. The minimum atomic E-state index is -0.567. The van der Waals surface area contributed by atoms with Crippen molar-refractivity contribution < 1.29 is 9.59 Å². The van der Waals surface area contributed by atoms with Gasteiger partial charge in [-0.3, -0.25) is 23.5 Å². The highest BCUT2D eigenvalue weighted by Crippen LogP contribution is 2.19. The Morgan fingerprint density at radius 3 is 2.53 bits per heavy atom. The van der Waals surface area contributed by atoms with Gasteiger partial charge < -0.3 is 10.6 Å². The van der Waals surface area contributed by atoms with Crippen LogP contribution in [-0.4, -0.2) is 33.5 Å². The fraction of sp³-hybridized carbons (Fsp3) is 0.538. The van der Waals surface area contributed by atoms with Crippen molar-refractivity contribution in [1.29, 1.82) is 0 Å². The molecule has 2 aromatic rings. The third-order valence-electron chi connectivity index (χ3n) is 6.87. The van der Waals surface area contributed by atoms with Crippen LogP contribution in [0.5, 0.6) is 0 Å². The smallest absolute Gasteiger partial charge is 0.331 e. The van der Waals surface area contributed by atoms with Crippen molar-refractivity contribution >= 4 is 22.7 Å². The van der Waals surface area contributed by atoms with Crippen LogP contribution in [0.4, 0.5) is 0 Å². The molecule has 0 saturated heterocycles. The number of carbonyl (C=O) groups excluding carboxylic acids is 2. The van der Waals surface area contributed by atoms with Gasteiger partial charge in [-0.2, -0.15) is 0 Å². The number of hydrogen-bond donors (Lipinski definition) is 2. The third-order valence-corrected chi connectivity index (χ3v) is 6.87. The molecule has 8 heteroatoms. The molecule has 4 rings (SSSR count). The summed E-state index contributed by atoms with van der Waals surface area (Å²) in [5, 5.41) is 6.25. The van der Waals surface area contributed by atoms with Gasteiger partial charge in [0.25, 0.3) is 5.56 Å². The van der Waals surface area contributed by atoms with E-state index in [1.54, 1.807) is 24.3 Å². The van der Waals surface area contributed by atoms with Gasteiger partial charge in [-0.05, 0) is 57.1 Å². The molecule has 0 unspecified atom stereocenters. The number of benzene rings is 1. The van der Waals surface area contributed by atoms with Crippen LogP contribution in [-0.2, 0) is 22.7 Å². The summed E-state index contributed by atoms with van der Waals surface area (Å²) in [7, 11) is 0. The fourth-order valence-corrected chi connectivity index (χ4v) is 5.00. The first-order chi connectivity index (χ1) is 16.5. The average molecular weight is 467 g/mol. The summed E-state index contributed by atoms with van der Waals surface area (Å²) >= 11 is 0. The van der Waals surface area contributed by atoms with Crippen molar-refractivity contribution in [3.05, 3.63) is 56.8 Å². The van der Waals surface area contributed by atoms with Crippen LogP contribution in [0.25, 0.3) is 10.9 Å². The third kappa shape index (κ3) is 5.85. The molecule has 0 radical (unpaired) electrons. The summed E-state index contributed by atoms with van der Waals surface area (Å²) < 4.78 is 2.41. The molecule has 2 aliphatic carbocycles. The van der Waals surface area contributed by atoms with E-state index < -0.39 is 11.2 Å². The molecule has 182 valence electrons. The van der Waals surface area contributed by atoms with E-state index in [4.69, 9.17) is 0 Å². The molecule has 1 fully saturated rings. The maximum absolute atomic E-state index is 13.2. The Balaban J connectivity index is 1.47. The van der Waals surface area contributed by atoms with Gasteiger partial charge in [-0.25, -0.2) is 4.79 Å². The zero-order valence-electron chi connectivity index (χ0n) is 19.7. The number of hydrogen-bond acceptors (Lipinski definition) is 4. The minimum absolute atomic E-state index is 0.0170. The quantitative estimate of drug-likeness (QED) is 0.555. The molecule has 2 amide bonds. The van der Waals surface area contributed by atoms with Gasteiger partial charge in [0.05, 0.1) is 10.9 Å². The summed E-state index contributed by atoms with van der Waals surface area (Å²) in [5.74, 6) is -0.430. The second-order valence-electron chi connectivity index (χ2n) is 9.35. The first-order valence-electron chi connectivity index (χ1n) is 12.5. The predicted octanol–water partition coefficient (Wildman–Crippen LogP) is 2.62. The Kier molecular flexibility index (Phi) is 7.98. The van der Waals surface area contributed by atoms with Crippen molar-refractivity contribution in [3.63, 3.8) is 0 Å². The number of para-hydroxylation sites is 1. The lowest BCUT2D eigenvalue weighted by Gasteiger charge is -2.16. The molecule has 2 aliphatic rings. The molecule has 0 atom stereocenters. The average Bonchev–Trinajstić information content (AvgIpc) is 3.35. The van der Waals surface area contributed by atoms with E-state index in [1.165, 1.54) is 23.0 Å². The number of nitrogens with zero attached hydrogens (tertiary/aromatic N) is 2. The monoisotopic (exact) mass is 466 g/mol. The number of carbonyl (C=O) groups is 2. The summed E-state index contributed by atoms with van der Waals surface area (Å²) in [5.41, 5.74) is 0.797. The lowest BCUT2D eigenvalue weighted by molar-refractivity contribution is -0.122. The number of fused-ring (bicyclic) bond motifs is 1. The molecule has 0 aliphatic heterocycles. The number of allylic oxidation sites excluding steroid dienone is 1. The van der Waals surface area contributed by atoms with Crippen LogP contribution in [0.1, 0.15) is 64.2 Å². The molecule has 0 spiro atoms. The van der Waals surface area contributed by atoms with Crippen molar-refractivity contribution in [3.8, 4) is 0 Å². The van der Waals surface area contributed by atoms with E-state index in [-0.39, 0.29) is 37.4 Å². The maximum atomic E-state index is 13.2. The maximum Gasteiger partial charge on any atom is 0.331 e. The van der Waals surface area contributed by atoms with Crippen molar-refractivity contribution in [2.24, 2.45) is 0 Å². The first kappa shape index (κ1) is 24.0. The molecule has 34 heavy (non-hydrogen) atoms. The summed E-state index contributed by atoms with van der Waals surface area (Å²) in [6.45, 7) is 0.335. The number of nitrogens with one attached hydrogen (secondary N) is 2. The molecule has 1 aromatic carbocycles. The van der Waals surface area contributed by atoms with Crippen LogP contribution in [0.2, 0.25) is 0 Å². The van der Waals surface area contributed by atoms with Crippen LogP contribution >= 0.6 is 0 Å². The van der Waals surface area contributed by atoms with Crippen molar-refractivity contribution in [2.45, 2.75) is 83.3 Å². The minimum Gasteiger partial charge on any atom is -0.354 e. The molecular weight excluding hydrogens is 432 g/mol. The van der Waals surface area contributed by atoms with E-state index in [9.17, 15) is 19.2 Å². The normalized spacial score (nSPS) is 16.4. The highest BCUT2D eigenvalue weighted by molar-refractivity contribution is 5.81. The highest BCUT2D eigenvalue weighted by atomic mass is 16.2. The predicted molar refractivity (Wildman–Crippen MR) is 132 cm³/mol. The highest BCUT2D eigenvalue weighted by Gasteiger charge is 2.19. The SMILES string of the molecule is O=C(Cn1c(=O)n(CCC(=O)NC2CCCC2)c(=O)c2ccccc21)NCCC1=CCCCC1. The van der Waals surface area contributed by atoms with Gasteiger partial charge in [0.15, 0.2) is 0 Å². The largest absolute Gasteiger partial charge is 0.354 e. The van der Waals surface area contributed by atoms with Crippen LogP contribution in [0, 0.1) is 0 Å². The Morgan fingerprint density at radius 2 is 1.76 bits per heavy atom. The summed E-state index contributed by atoms with van der Waals surface area (Å²) in [4.78, 5) is 51.3. The van der Waals surface area contributed by atoms with Gasteiger partial charge in [-0.15, -0.1) is 0 Å². The Bertz CT molecular complexity index is 1190. The molecule has 1 aromatic heterocycles. The van der Waals surface area contributed by atoms with E-state index >= 15 is 0 Å². The molecular formula is C26H34N4O4. The van der Waals surface area contributed by atoms with Gasteiger partial charge in [-0.1, -0.05) is 36.6 Å². The topological polar surface area (TPSA) is 102 Å². The number of amides is 2. The second-order valence-corrected chi connectivity index (χ2v) is 9.35. The summed E-state index contributed by atoms with van der Waals surface area (Å²) in [6, 6.07) is 6.98. The standard InChI is InChI=1S/C26H34N4O4/c31-23(28-20-10-4-5-11-20)15-17-29-25(33)21-12-6-7-13-22(21)30(26(29)34)18-24(32)27-16-14-19-8-2-1-3-9-19/h6-8,12-13,20H,1-5,9-11,14-18H2,(H,27,32)(H,28,31). The lowest BCUT2D eigenvalue weighted by Crippen LogP contribution is -2.43. The van der Waals surface area contributed by atoms with Crippen LogP contribution < -0.4 is 21.9 Å². The fourth-order valence-electron chi connectivity index (χ4n) is 5.00. The Hall–Kier alpha value is -3.16. The van der Waals surface area contributed by atoms with E-state index in [0.717, 1.165) is 49.5 Å². The van der Waals surface area contributed by atoms with Crippen molar-refractivity contribution in [1.82, 2.24) is 19.8 Å². The zero-order valence-corrected chi connectivity index (χ0v) is 19.7. The van der Waals surface area contributed by atoms with Crippen molar-refractivity contribution in [2.75, 3.05) is 6.54 Å². The Morgan fingerprint density at radius 1 is 0.971 bits per heavy atom. The van der Waals surface area contributed by atoms with Gasteiger partial charge in [0.2, 0.25) is 11.8 Å². The van der Waals surface area contributed by atoms with Gasteiger partial charge in [0, 0.05) is 25.6 Å². The first-order valence-corrected chi connectivity index (χ1v) is 12.5. The van der Waals surface area contributed by atoms with E-state index in [1.807, 2.05) is 0 Å². The van der Waals surface area contributed by atoms with Crippen LogP contribution in [0.15, 0.2) is 45.5 Å². The lowest BCUT2D eigenvalue weighted by atomic mass is 9.97.